The highest BCUT2D eigenvalue weighted by Gasteiger charge is 2.19. The minimum Gasteiger partial charge on any atom is -0.494 e. The van der Waals surface area contributed by atoms with Crippen molar-refractivity contribution in [3.8, 4) is 11.5 Å². The highest BCUT2D eigenvalue weighted by Crippen LogP contribution is 2.22. The van der Waals surface area contributed by atoms with E-state index >= 15 is 0 Å². The Kier molecular flexibility index (Phi) is 6.87. The zero-order valence-electron chi connectivity index (χ0n) is 15.5. The van der Waals surface area contributed by atoms with Gasteiger partial charge in [0.2, 0.25) is 0 Å². The molecule has 0 aliphatic carbocycles. The molecule has 4 heteroatoms. The number of carbonyl (C=O) groups is 1. The number of hydrogen-bond acceptors (Lipinski definition) is 3. The molecule has 1 amide bonds. The Labute approximate surface area is 150 Å². The van der Waals surface area contributed by atoms with Crippen LogP contribution in [0.15, 0.2) is 42.5 Å². The van der Waals surface area contributed by atoms with Gasteiger partial charge in [-0.05, 0) is 50.5 Å². The topological polar surface area (TPSA) is 47.6 Å². The molecular formula is C21H27NO3. The second-order valence-electron chi connectivity index (χ2n) is 6.04. The summed E-state index contributed by atoms with van der Waals surface area (Å²) in [5, 5.41) is 2.96. The van der Waals surface area contributed by atoms with Gasteiger partial charge in [-0.1, -0.05) is 37.3 Å². The molecule has 0 saturated carbocycles. The van der Waals surface area contributed by atoms with E-state index < -0.39 is 6.10 Å². The minimum atomic E-state index is -0.514. The Morgan fingerprint density at radius 1 is 1.08 bits per heavy atom. The summed E-state index contributed by atoms with van der Waals surface area (Å²) in [6, 6.07) is 13.7. The van der Waals surface area contributed by atoms with Gasteiger partial charge in [0.25, 0.3) is 5.91 Å². The van der Waals surface area contributed by atoms with Gasteiger partial charge in [0.1, 0.15) is 11.5 Å². The lowest BCUT2D eigenvalue weighted by molar-refractivity contribution is -0.128. The van der Waals surface area contributed by atoms with Gasteiger partial charge in [0.15, 0.2) is 6.10 Å². The molecule has 0 aliphatic rings. The SMILES string of the molecule is CCOc1ccccc1CNC(=O)[C@H](CC)Oc1cc(C)ccc1C. The van der Waals surface area contributed by atoms with Crippen LogP contribution in [0.3, 0.4) is 0 Å². The summed E-state index contributed by atoms with van der Waals surface area (Å²) in [5.41, 5.74) is 3.10. The second kappa shape index (κ2) is 9.11. The number of carbonyl (C=O) groups excluding carboxylic acids is 1. The maximum atomic E-state index is 12.5. The van der Waals surface area contributed by atoms with Crippen LogP contribution in [0.25, 0.3) is 0 Å². The third-order valence-corrected chi connectivity index (χ3v) is 4.00. The zero-order valence-corrected chi connectivity index (χ0v) is 15.5. The number of rotatable bonds is 8. The fraction of sp³-hybridized carbons (Fsp3) is 0.381. The van der Waals surface area contributed by atoms with E-state index in [1.165, 1.54) is 0 Å². The van der Waals surface area contributed by atoms with Crippen LogP contribution in [-0.2, 0) is 11.3 Å². The summed E-state index contributed by atoms with van der Waals surface area (Å²) in [7, 11) is 0. The van der Waals surface area contributed by atoms with Crippen molar-refractivity contribution < 1.29 is 14.3 Å². The maximum absolute atomic E-state index is 12.5. The van der Waals surface area contributed by atoms with Crippen molar-refractivity contribution in [2.24, 2.45) is 0 Å². The molecule has 2 rings (SSSR count). The average molecular weight is 341 g/mol. The first-order valence-electron chi connectivity index (χ1n) is 8.77. The predicted molar refractivity (Wildman–Crippen MR) is 100 cm³/mol. The van der Waals surface area contributed by atoms with Gasteiger partial charge in [-0.25, -0.2) is 0 Å². The maximum Gasteiger partial charge on any atom is 0.261 e. The van der Waals surface area contributed by atoms with E-state index in [0.717, 1.165) is 28.2 Å². The van der Waals surface area contributed by atoms with E-state index in [0.29, 0.717) is 19.6 Å². The summed E-state index contributed by atoms with van der Waals surface area (Å²) < 4.78 is 11.6. The fourth-order valence-corrected chi connectivity index (χ4v) is 2.55. The molecule has 0 saturated heterocycles. The lowest BCUT2D eigenvalue weighted by Gasteiger charge is -2.19. The molecule has 0 heterocycles. The average Bonchev–Trinajstić information content (AvgIpc) is 2.61. The molecule has 2 aromatic carbocycles. The monoisotopic (exact) mass is 341 g/mol. The zero-order chi connectivity index (χ0) is 18.2. The van der Waals surface area contributed by atoms with Crippen molar-refractivity contribution in [3.05, 3.63) is 59.2 Å². The first-order valence-corrected chi connectivity index (χ1v) is 8.77. The summed E-state index contributed by atoms with van der Waals surface area (Å²) in [6.45, 7) is 8.90. The van der Waals surface area contributed by atoms with E-state index in [1.807, 2.05) is 70.2 Å². The van der Waals surface area contributed by atoms with Crippen molar-refractivity contribution in [1.29, 1.82) is 0 Å². The first kappa shape index (κ1) is 18.8. The third-order valence-electron chi connectivity index (χ3n) is 4.00. The van der Waals surface area contributed by atoms with Crippen LogP contribution in [0.4, 0.5) is 0 Å². The number of hydrogen-bond donors (Lipinski definition) is 1. The van der Waals surface area contributed by atoms with E-state index in [4.69, 9.17) is 9.47 Å². The van der Waals surface area contributed by atoms with Crippen LogP contribution in [0.1, 0.15) is 37.0 Å². The lowest BCUT2D eigenvalue weighted by atomic mass is 10.1. The van der Waals surface area contributed by atoms with Crippen LogP contribution in [0.2, 0.25) is 0 Å². The number of nitrogens with one attached hydrogen (secondary N) is 1. The molecule has 0 aromatic heterocycles. The standard InChI is InChI=1S/C21H27NO3/c1-5-18(25-20-13-15(3)11-12-16(20)4)21(23)22-14-17-9-7-8-10-19(17)24-6-2/h7-13,18H,5-6,14H2,1-4H3,(H,22,23)/t18-/m0/s1. The number of ether oxygens (including phenoxy) is 2. The van der Waals surface area contributed by atoms with Gasteiger partial charge in [0.05, 0.1) is 6.61 Å². The van der Waals surface area contributed by atoms with Crippen molar-refractivity contribution in [2.75, 3.05) is 6.61 Å². The molecule has 2 aromatic rings. The van der Waals surface area contributed by atoms with E-state index in [9.17, 15) is 4.79 Å². The van der Waals surface area contributed by atoms with Crippen LogP contribution in [0.5, 0.6) is 11.5 Å². The van der Waals surface area contributed by atoms with Crippen molar-refractivity contribution >= 4 is 5.91 Å². The Morgan fingerprint density at radius 2 is 1.84 bits per heavy atom. The first-order chi connectivity index (χ1) is 12.0. The van der Waals surface area contributed by atoms with Gasteiger partial charge in [-0.2, -0.15) is 0 Å². The molecule has 0 unspecified atom stereocenters. The summed E-state index contributed by atoms with van der Waals surface area (Å²) in [4.78, 5) is 12.5. The number of aryl methyl sites for hydroxylation is 2. The third kappa shape index (κ3) is 5.24. The largest absolute Gasteiger partial charge is 0.494 e. The van der Waals surface area contributed by atoms with Crippen LogP contribution < -0.4 is 14.8 Å². The highest BCUT2D eigenvalue weighted by molar-refractivity contribution is 5.81. The Balaban J connectivity index is 2.02. The van der Waals surface area contributed by atoms with E-state index in [-0.39, 0.29) is 5.91 Å². The number of benzene rings is 2. The molecule has 0 spiro atoms. The van der Waals surface area contributed by atoms with Crippen molar-refractivity contribution in [2.45, 2.75) is 46.8 Å². The molecule has 0 fully saturated rings. The molecule has 0 aliphatic heterocycles. The highest BCUT2D eigenvalue weighted by atomic mass is 16.5. The van der Waals surface area contributed by atoms with Gasteiger partial charge in [-0.3, -0.25) is 4.79 Å². The summed E-state index contributed by atoms with van der Waals surface area (Å²) >= 11 is 0. The normalized spacial score (nSPS) is 11.7. The molecule has 25 heavy (non-hydrogen) atoms. The van der Waals surface area contributed by atoms with Crippen LogP contribution >= 0.6 is 0 Å². The van der Waals surface area contributed by atoms with E-state index in [2.05, 4.69) is 5.32 Å². The Morgan fingerprint density at radius 3 is 2.56 bits per heavy atom. The van der Waals surface area contributed by atoms with Crippen LogP contribution in [0, 0.1) is 13.8 Å². The smallest absolute Gasteiger partial charge is 0.261 e. The minimum absolute atomic E-state index is 0.116. The molecular weight excluding hydrogens is 314 g/mol. The molecule has 0 bridgehead atoms. The van der Waals surface area contributed by atoms with Crippen molar-refractivity contribution in [3.63, 3.8) is 0 Å². The number of para-hydroxylation sites is 1. The van der Waals surface area contributed by atoms with Crippen LogP contribution in [-0.4, -0.2) is 18.6 Å². The Hall–Kier alpha value is -2.49. The molecule has 0 radical (unpaired) electrons. The molecule has 1 atom stereocenters. The quantitative estimate of drug-likeness (QED) is 0.784. The lowest BCUT2D eigenvalue weighted by Crippen LogP contribution is -2.37. The van der Waals surface area contributed by atoms with E-state index in [1.54, 1.807) is 0 Å². The second-order valence-corrected chi connectivity index (χ2v) is 6.04. The van der Waals surface area contributed by atoms with Gasteiger partial charge in [-0.15, -0.1) is 0 Å². The predicted octanol–water partition coefficient (Wildman–Crippen LogP) is 4.18. The van der Waals surface area contributed by atoms with Gasteiger partial charge >= 0.3 is 0 Å². The summed E-state index contributed by atoms with van der Waals surface area (Å²) in [5.74, 6) is 1.44. The van der Waals surface area contributed by atoms with Gasteiger partial charge < -0.3 is 14.8 Å². The summed E-state index contributed by atoms with van der Waals surface area (Å²) in [6.07, 6.45) is 0.0894. The fourth-order valence-electron chi connectivity index (χ4n) is 2.55. The Bertz CT molecular complexity index is 712. The number of amides is 1. The van der Waals surface area contributed by atoms with Crippen molar-refractivity contribution in [1.82, 2.24) is 5.32 Å². The molecule has 134 valence electrons. The van der Waals surface area contributed by atoms with Gasteiger partial charge in [0, 0.05) is 12.1 Å². The molecule has 4 nitrogen and oxygen atoms in total. The molecule has 1 N–H and O–H groups in total.